The Hall–Kier alpha value is -2.30. The molecule has 1 aromatic carbocycles. The van der Waals surface area contributed by atoms with Crippen LogP contribution < -0.4 is 5.32 Å². The number of aromatic carboxylic acids is 1. The van der Waals surface area contributed by atoms with Gasteiger partial charge in [0.15, 0.2) is 0 Å². The molecule has 1 rings (SSSR count). The number of ether oxygens (including phenoxy) is 1. The van der Waals surface area contributed by atoms with Gasteiger partial charge in [-0.25, -0.2) is 9.59 Å². The molecule has 0 radical (unpaired) electrons. The molecule has 1 amide bonds. The smallest absolute Gasteiger partial charge is 0.407 e. The zero-order valence-electron chi connectivity index (χ0n) is 12.8. The lowest BCUT2D eigenvalue weighted by atomic mass is 10.1. The van der Waals surface area contributed by atoms with E-state index in [-0.39, 0.29) is 0 Å². The molecule has 0 atom stereocenters. The highest BCUT2D eigenvalue weighted by molar-refractivity contribution is 5.89. The molecular weight excluding hydrogens is 270 g/mol. The van der Waals surface area contributed by atoms with Crippen LogP contribution in [-0.2, 0) is 4.74 Å². The van der Waals surface area contributed by atoms with Crippen LogP contribution in [0.2, 0.25) is 0 Å². The number of hydrogen-bond donors (Lipinski definition) is 2. The van der Waals surface area contributed by atoms with Crippen molar-refractivity contribution in [1.29, 1.82) is 0 Å². The molecule has 5 nitrogen and oxygen atoms in total. The number of carbonyl (C=O) groups is 2. The van der Waals surface area contributed by atoms with Crippen molar-refractivity contribution in [2.24, 2.45) is 0 Å². The number of aryl methyl sites for hydroxylation is 1. The molecule has 0 unspecified atom stereocenters. The maximum Gasteiger partial charge on any atom is 0.407 e. The van der Waals surface area contributed by atoms with Crippen LogP contribution in [0.4, 0.5) is 4.79 Å². The molecule has 21 heavy (non-hydrogen) atoms. The Morgan fingerprint density at radius 1 is 1.33 bits per heavy atom. The standard InChI is InChI=1S/C16H21NO4/c1-11-10-12(7-8-13(11)14(18)19)6-5-9-17-15(20)21-16(2,3)4/h5-8,10H,9H2,1-4H3,(H,17,20)(H,18,19). The minimum absolute atomic E-state index is 0.291. The molecule has 0 aliphatic rings. The summed E-state index contributed by atoms with van der Waals surface area (Å²) in [6.07, 6.45) is 3.12. The lowest BCUT2D eigenvalue weighted by Gasteiger charge is -2.19. The van der Waals surface area contributed by atoms with Crippen LogP contribution in [0.3, 0.4) is 0 Å². The normalized spacial score (nSPS) is 11.4. The largest absolute Gasteiger partial charge is 0.478 e. The Bertz CT molecular complexity index is 556. The van der Waals surface area contributed by atoms with E-state index in [1.54, 1.807) is 52.0 Å². The van der Waals surface area contributed by atoms with E-state index in [1.165, 1.54) is 0 Å². The van der Waals surface area contributed by atoms with Gasteiger partial charge in [-0.2, -0.15) is 0 Å². The van der Waals surface area contributed by atoms with Gasteiger partial charge in [0.25, 0.3) is 0 Å². The topological polar surface area (TPSA) is 75.6 Å². The molecule has 1 aromatic rings. The van der Waals surface area contributed by atoms with Gasteiger partial charge in [-0.05, 0) is 44.9 Å². The quantitative estimate of drug-likeness (QED) is 0.893. The van der Waals surface area contributed by atoms with Crippen LogP contribution in [0, 0.1) is 6.92 Å². The van der Waals surface area contributed by atoms with Crippen molar-refractivity contribution in [3.63, 3.8) is 0 Å². The first-order valence-corrected chi connectivity index (χ1v) is 6.66. The zero-order chi connectivity index (χ0) is 16.0. The third-order valence-corrected chi connectivity index (χ3v) is 2.55. The summed E-state index contributed by atoms with van der Waals surface area (Å²) in [5.41, 5.74) is 1.35. The highest BCUT2D eigenvalue weighted by Crippen LogP contribution is 2.12. The number of carboxylic acids is 1. The Morgan fingerprint density at radius 2 is 2.00 bits per heavy atom. The van der Waals surface area contributed by atoms with Crippen molar-refractivity contribution in [2.45, 2.75) is 33.3 Å². The Kier molecular flexibility index (Phi) is 5.52. The molecular formula is C16H21NO4. The predicted octanol–water partition coefficient (Wildman–Crippen LogP) is 3.23. The summed E-state index contributed by atoms with van der Waals surface area (Å²) in [5.74, 6) is -0.936. The number of alkyl carbamates (subject to hydrolysis) is 1. The number of carbonyl (C=O) groups excluding carboxylic acids is 1. The van der Waals surface area contributed by atoms with Crippen LogP contribution in [0.15, 0.2) is 24.3 Å². The van der Waals surface area contributed by atoms with Crippen molar-refractivity contribution in [1.82, 2.24) is 5.32 Å². The Balaban J connectivity index is 2.53. The van der Waals surface area contributed by atoms with E-state index in [9.17, 15) is 9.59 Å². The fourth-order valence-corrected chi connectivity index (χ4v) is 1.68. The number of amides is 1. The molecule has 0 aromatic heterocycles. The first-order valence-electron chi connectivity index (χ1n) is 6.66. The third-order valence-electron chi connectivity index (χ3n) is 2.55. The maximum atomic E-state index is 11.4. The number of carboxylic acid groups (broad SMARTS) is 1. The monoisotopic (exact) mass is 291 g/mol. The Morgan fingerprint density at radius 3 is 2.52 bits per heavy atom. The highest BCUT2D eigenvalue weighted by Gasteiger charge is 2.14. The first kappa shape index (κ1) is 16.8. The molecule has 0 spiro atoms. The van der Waals surface area contributed by atoms with Crippen molar-refractivity contribution < 1.29 is 19.4 Å². The van der Waals surface area contributed by atoms with E-state index in [1.807, 2.05) is 6.08 Å². The number of nitrogens with one attached hydrogen (secondary N) is 1. The van der Waals surface area contributed by atoms with Gasteiger partial charge in [-0.3, -0.25) is 0 Å². The van der Waals surface area contributed by atoms with Crippen LogP contribution in [-0.4, -0.2) is 29.3 Å². The lowest BCUT2D eigenvalue weighted by molar-refractivity contribution is 0.0533. The van der Waals surface area contributed by atoms with E-state index in [2.05, 4.69) is 5.32 Å². The van der Waals surface area contributed by atoms with E-state index in [4.69, 9.17) is 9.84 Å². The van der Waals surface area contributed by atoms with Crippen molar-refractivity contribution in [3.8, 4) is 0 Å². The summed E-state index contributed by atoms with van der Waals surface area (Å²) in [4.78, 5) is 22.3. The number of rotatable bonds is 4. The fourth-order valence-electron chi connectivity index (χ4n) is 1.68. The van der Waals surface area contributed by atoms with Gasteiger partial charge in [0.2, 0.25) is 0 Å². The van der Waals surface area contributed by atoms with Crippen molar-refractivity contribution >= 4 is 18.1 Å². The average molecular weight is 291 g/mol. The van der Waals surface area contributed by atoms with Gasteiger partial charge in [0.05, 0.1) is 5.56 Å². The number of hydrogen-bond acceptors (Lipinski definition) is 3. The van der Waals surface area contributed by atoms with Gasteiger partial charge in [-0.1, -0.05) is 24.3 Å². The predicted molar refractivity (Wildman–Crippen MR) is 81.4 cm³/mol. The summed E-state index contributed by atoms with van der Waals surface area (Å²) < 4.78 is 5.10. The minimum atomic E-state index is -0.936. The second-order valence-corrected chi connectivity index (χ2v) is 5.66. The summed E-state index contributed by atoms with van der Waals surface area (Å²) in [6.45, 7) is 7.49. The van der Waals surface area contributed by atoms with E-state index in [0.717, 1.165) is 5.56 Å². The first-order chi connectivity index (χ1) is 9.69. The van der Waals surface area contributed by atoms with Crippen LogP contribution in [0.1, 0.15) is 42.3 Å². The average Bonchev–Trinajstić information content (AvgIpc) is 2.32. The third kappa shape index (κ3) is 6.12. The minimum Gasteiger partial charge on any atom is -0.478 e. The van der Waals surface area contributed by atoms with E-state index in [0.29, 0.717) is 17.7 Å². The Labute approximate surface area is 124 Å². The van der Waals surface area contributed by atoms with Gasteiger partial charge in [0.1, 0.15) is 5.60 Å². The fraction of sp³-hybridized carbons (Fsp3) is 0.375. The summed E-state index contributed by atoms with van der Waals surface area (Å²) >= 11 is 0. The second kappa shape index (κ2) is 6.92. The molecule has 0 saturated heterocycles. The van der Waals surface area contributed by atoms with Crippen molar-refractivity contribution in [2.75, 3.05) is 6.54 Å². The zero-order valence-corrected chi connectivity index (χ0v) is 12.8. The molecule has 0 bridgehead atoms. The molecule has 2 N–H and O–H groups in total. The SMILES string of the molecule is Cc1cc(C=CCNC(=O)OC(C)(C)C)ccc1C(=O)O. The van der Waals surface area contributed by atoms with E-state index >= 15 is 0 Å². The van der Waals surface area contributed by atoms with Gasteiger partial charge < -0.3 is 15.2 Å². The molecule has 5 heteroatoms. The van der Waals surface area contributed by atoms with Crippen LogP contribution >= 0.6 is 0 Å². The molecule has 0 fully saturated rings. The lowest BCUT2D eigenvalue weighted by Crippen LogP contribution is -2.32. The summed E-state index contributed by atoms with van der Waals surface area (Å²) in [5, 5.41) is 11.6. The molecule has 0 aliphatic carbocycles. The summed E-state index contributed by atoms with van der Waals surface area (Å²) in [6, 6.07) is 5.08. The molecule has 114 valence electrons. The van der Waals surface area contributed by atoms with Crippen LogP contribution in [0.5, 0.6) is 0 Å². The maximum absolute atomic E-state index is 11.4. The highest BCUT2D eigenvalue weighted by atomic mass is 16.6. The van der Waals surface area contributed by atoms with Gasteiger partial charge >= 0.3 is 12.1 Å². The molecule has 0 saturated carbocycles. The van der Waals surface area contributed by atoms with Crippen molar-refractivity contribution in [3.05, 3.63) is 41.0 Å². The molecule has 0 aliphatic heterocycles. The van der Waals surface area contributed by atoms with Crippen LogP contribution in [0.25, 0.3) is 6.08 Å². The number of benzene rings is 1. The van der Waals surface area contributed by atoms with E-state index < -0.39 is 17.7 Å². The second-order valence-electron chi connectivity index (χ2n) is 5.66. The molecule has 0 heterocycles. The summed E-state index contributed by atoms with van der Waals surface area (Å²) in [7, 11) is 0. The van der Waals surface area contributed by atoms with Gasteiger partial charge in [0, 0.05) is 6.54 Å². The van der Waals surface area contributed by atoms with Gasteiger partial charge in [-0.15, -0.1) is 0 Å².